The molecule has 0 aromatic heterocycles. The molecule has 0 spiro atoms. The van der Waals surface area contributed by atoms with Crippen LogP contribution in [0.25, 0.3) is 0 Å². The van der Waals surface area contributed by atoms with Gasteiger partial charge in [0.05, 0.1) is 18.6 Å². The van der Waals surface area contributed by atoms with Gasteiger partial charge in [-0.1, -0.05) is 0 Å². The highest BCUT2D eigenvalue weighted by Gasteiger charge is 2.26. The topological polar surface area (TPSA) is 109 Å². The summed E-state index contributed by atoms with van der Waals surface area (Å²) in [4.78, 5) is 29.3. The van der Waals surface area contributed by atoms with E-state index in [1.165, 1.54) is 0 Å². The van der Waals surface area contributed by atoms with Crippen LogP contribution in [0.1, 0.15) is 40.5 Å². The molecule has 0 bridgehead atoms. The predicted molar refractivity (Wildman–Crippen MR) is 109 cm³/mol. The Morgan fingerprint density at radius 3 is 2.36 bits per heavy atom. The maximum Gasteiger partial charge on any atom is 0.409 e. The molecular weight excluding hydrogens is 437 g/mol. The van der Waals surface area contributed by atoms with Crippen LogP contribution in [0.5, 0.6) is 0 Å². The monoisotopic (exact) mass is 469 g/mol. The number of nitrogens with one attached hydrogen (secondary N) is 2. The van der Waals surface area contributed by atoms with Crippen LogP contribution in [0.4, 0.5) is 4.79 Å². The number of nitrogens with zero attached hydrogens (tertiary/aromatic N) is 2. The summed E-state index contributed by atoms with van der Waals surface area (Å²) in [5.74, 6) is 0.297. The number of carbonyl (C=O) groups excluding carboxylic acids is 2. The van der Waals surface area contributed by atoms with E-state index in [2.05, 4.69) is 15.6 Å². The number of carbonyl (C=O) groups is 2. The number of piperidine rings is 1. The van der Waals surface area contributed by atoms with Crippen molar-refractivity contribution >= 4 is 41.9 Å². The van der Waals surface area contributed by atoms with Crippen LogP contribution in [0, 0.1) is 5.41 Å². The molecule has 2 amide bonds. The second-order valence-corrected chi connectivity index (χ2v) is 6.55. The van der Waals surface area contributed by atoms with E-state index in [1.807, 2.05) is 6.92 Å². The number of nitrogens with two attached hydrogens (primary N) is 1. The molecule has 9 heteroatoms. The molecule has 25 heavy (non-hydrogen) atoms. The van der Waals surface area contributed by atoms with Crippen molar-refractivity contribution in [3.8, 4) is 0 Å². The second kappa shape index (κ2) is 11.4. The van der Waals surface area contributed by atoms with Crippen molar-refractivity contribution in [1.82, 2.24) is 15.5 Å². The first-order valence-electron chi connectivity index (χ1n) is 8.56. The first kappa shape index (κ1) is 23.7. The van der Waals surface area contributed by atoms with E-state index >= 15 is 0 Å². The molecule has 1 saturated heterocycles. The first-order chi connectivity index (χ1) is 11.3. The maximum absolute atomic E-state index is 11.7. The Labute approximate surface area is 167 Å². The summed E-state index contributed by atoms with van der Waals surface area (Å²) in [6, 6.07) is 0.227. The van der Waals surface area contributed by atoms with Crippen LogP contribution in [-0.4, -0.2) is 61.7 Å². The van der Waals surface area contributed by atoms with Crippen molar-refractivity contribution in [1.29, 1.82) is 0 Å². The van der Waals surface area contributed by atoms with Gasteiger partial charge in [-0.3, -0.25) is 9.79 Å². The number of likely N-dealkylation sites (tertiary alicyclic amines) is 1. The molecule has 0 radical (unpaired) electrons. The third-order valence-corrected chi connectivity index (χ3v) is 4.01. The lowest BCUT2D eigenvalue weighted by molar-refractivity contribution is -0.125. The number of amides is 2. The van der Waals surface area contributed by atoms with E-state index in [9.17, 15) is 9.59 Å². The molecule has 0 aromatic carbocycles. The van der Waals surface area contributed by atoms with Crippen LogP contribution in [0.15, 0.2) is 4.99 Å². The van der Waals surface area contributed by atoms with Crippen molar-refractivity contribution in [2.45, 2.75) is 46.6 Å². The summed E-state index contributed by atoms with van der Waals surface area (Å²) >= 11 is 0. The smallest absolute Gasteiger partial charge is 0.409 e. The van der Waals surface area contributed by atoms with Crippen molar-refractivity contribution in [3.05, 3.63) is 0 Å². The van der Waals surface area contributed by atoms with E-state index in [-0.39, 0.29) is 42.0 Å². The molecular formula is C16H32IN5O3. The summed E-state index contributed by atoms with van der Waals surface area (Å²) < 4.78 is 5.02. The summed E-state index contributed by atoms with van der Waals surface area (Å²) in [5, 5.41) is 6.55. The Hall–Kier alpha value is -1.26. The molecule has 0 aromatic rings. The van der Waals surface area contributed by atoms with Crippen LogP contribution >= 0.6 is 24.0 Å². The molecule has 0 saturated carbocycles. The van der Waals surface area contributed by atoms with E-state index in [0.717, 1.165) is 19.4 Å². The first-order valence-corrected chi connectivity index (χ1v) is 8.56. The van der Waals surface area contributed by atoms with E-state index in [0.29, 0.717) is 32.2 Å². The number of ether oxygens (including phenoxy) is 1. The highest BCUT2D eigenvalue weighted by molar-refractivity contribution is 14.0. The van der Waals surface area contributed by atoms with Crippen molar-refractivity contribution < 1.29 is 14.3 Å². The Morgan fingerprint density at radius 1 is 1.28 bits per heavy atom. The van der Waals surface area contributed by atoms with Gasteiger partial charge in [-0.05, 0) is 40.5 Å². The zero-order valence-electron chi connectivity index (χ0n) is 15.6. The van der Waals surface area contributed by atoms with Crippen LogP contribution < -0.4 is 16.4 Å². The SMILES string of the molecule is CCNC(=NCC(C)(C)C(N)=O)NC1CCN(C(=O)OCC)CC1.I. The molecule has 1 fully saturated rings. The van der Waals surface area contributed by atoms with Gasteiger partial charge in [0.15, 0.2) is 5.96 Å². The van der Waals surface area contributed by atoms with Gasteiger partial charge in [0.1, 0.15) is 0 Å². The summed E-state index contributed by atoms with van der Waals surface area (Å²) in [6.45, 7) is 10.1. The van der Waals surface area contributed by atoms with Crippen molar-refractivity contribution in [2.75, 3.05) is 32.8 Å². The number of guanidine groups is 1. The zero-order chi connectivity index (χ0) is 18.2. The number of primary amides is 1. The van der Waals surface area contributed by atoms with Gasteiger partial charge in [0.25, 0.3) is 0 Å². The van der Waals surface area contributed by atoms with E-state index in [4.69, 9.17) is 10.5 Å². The fourth-order valence-corrected chi connectivity index (χ4v) is 2.29. The third kappa shape index (κ3) is 8.10. The molecule has 0 aliphatic carbocycles. The highest BCUT2D eigenvalue weighted by Crippen LogP contribution is 2.15. The molecule has 4 N–H and O–H groups in total. The minimum atomic E-state index is -0.685. The standard InChI is InChI=1S/C16H31N5O3.HI/c1-5-18-14(19-11-16(3,4)13(17)22)20-12-7-9-21(10-8-12)15(23)24-6-2;/h12H,5-11H2,1-4H3,(H2,17,22)(H2,18,19,20);1H. The fraction of sp³-hybridized carbons (Fsp3) is 0.812. The second-order valence-electron chi connectivity index (χ2n) is 6.55. The zero-order valence-corrected chi connectivity index (χ0v) is 18.0. The lowest BCUT2D eigenvalue weighted by Gasteiger charge is -2.32. The van der Waals surface area contributed by atoms with Gasteiger partial charge in [0, 0.05) is 25.7 Å². The molecule has 1 aliphatic rings. The molecule has 0 atom stereocenters. The Bertz CT molecular complexity index is 463. The molecule has 8 nitrogen and oxygen atoms in total. The van der Waals surface area contributed by atoms with Crippen LogP contribution in [0.3, 0.4) is 0 Å². The molecule has 1 heterocycles. The van der Waals surface area contributed by atoms with Crippen LogP contribution in [0.2, 0.25) is 0 Å². The van der Waals surface area contributed by atoms with Gasteiger partial charge in [-0.2, -0.15) is 0 Å². The fourth-order valence-electron chi connectivity index (χ4n) is 2.29. The number of rotatable bonds is 6. The summed E-state index contributed by atoms with van der Waals surface area (Å²) in [6.07, 6.45) is 1.39. The van der Waals surface area contributed by atoms with Gasteiger partial charge >= 0.3 is 6.09 Å². The lowest BCUT2D eigenvalue weighted by Crippen LogP contribution is -2.50. The minimum absolute atomic E-state index is 0. The van der Waals surface area contributed by atoms with Crippen LogP contribution in [-0.2, 0) is 9.53 Å². The number of aliphatic imine (C=N–C) groups is 1. The molecule has 0 unspecified atom stereocenters. The third-order valence-electron chi connectivity index (χ3n) is 4.01. The van der Waals surface area contributed by atoms with Gasteiger partial charge < -0.3 is 26.0 Å². The average molecular weight is 469 g/mol. The number of hydrogen-bond acceptors (Lipinski definition) is 4. The lowest BCUT2D eigenvalue weighted by atomic mass is 9.93. The number of hydrogen-bond donors (Lipinski definition) is 3. The van der Waals surface area contributed by atoms with Crippen molar-refractivity contribution in [3.63, 3.8) is 0 Å². The maximum atomic E-state index is 11.7. The molecule has 1 aliphatic heterocycles. The largest absolute Gasteiger partial charge is 0.450 e. The average Bonchev–Trinajstić information content (AvgIpc) is 2.53. The Balaban J connectivity index is 0.00000576. The van der Waals surface area contributed by atoms with E-state index < -0.39 is 5.41 Å². The predicted octanol–water partition coefficient (Wildman–Crippen LogP) is 1.29. The van der Waals surface area contributed by atoms with Crippen molar-refractivity contribution in [2.24, 2.45) is 16.1 Å². The molecule has 146 valence electrons. The van der Waals surface area contributed by atoms with Gasteiger partial charge in [-0.25, -0.2) is 4.79 Å². The summed E-state index contributed by atoms with van der Waals surface area (Å²) in [7, 11) is 0. The Morgan fingerprint density at radius 2 is 1.88 bits per heavy atom. The quantitative estimate of drug-likeness (QED) is 0.309. The summed E-state index contributed by atoms with van der Waals surface area (Å²) in [5.41, 5.74) is 4.70. The highest BCUT2D eigenvalue weighted by atomic mass is 127. The minimum Gasteiger partial charge on any atom is -0.450 e. The van der Waals surface area contributed by atoms with Gasteiger partial charge in [0.2, 0.25) is 5.91 Å². The Kier molecular flexibility index (Phi) is 10.8. The molecule has 1 rings (SSSR count). The van der Waals surface area contributed by atoms with E-state index in [1.54, 1.807) is 25.7 Å². The number of halogens is 1. The normalized spacial score (nSPS) is 16.0. The van der Waals surface area contributed by atoms with Gasteiger partial charge in [-0.15, -0.1) is 24.0 Å².